The van der Waals surface area contributed by atoms with E-state index in [0.717, 1.165) is 45.1 Å². The van der Waals surface area contributed by atoms with Crippen LogP contribution in [0.2, 0.25) is 0 Å². The van der Waals surface area contributed by atoms with Crippen molar-refractivity contribution in [2.45, 2.75) is 58.9 Å². The largest absolute Gasteiger partial charge is 0.396 e. The molecule has 4 heterocycles. The lowest BCUT2D eigenvalue weighted by atomic mass is 9.82. The summed E-state index contributed by atoms with van der Waals surface area (Å²) >= 11 is 0. The number of fused-ring (bicyclic) bond motifs is 1. The molecule has 2 N–H and O–H groups in total. The average Bonchev–Trinajstić information content (AvgIpc) is 3.30. The summed E-state index contributed by atoms with van der Waals surface area (Å²) in [5, 5.41) is 12.1. The number of aliphatic hydroxyl groups excluding tert-OH is 1. The van der Waals surface area contributed by atoms with E-state index in [1.807, 2.05) is 37.6 Å². The highest BCUT2D eigenvalue weighted by atomic mass is 19.1. The maximum absolute atomic E-state index is 15.0. The molecule has 10 heteroatoms. The third kappa shape index (κ3) is 5.83. The fraction of sp³-hybridized carbons (Fsp3) is 0.467. The fourth-order valence-electron chi connectivity index (χ4n) is 5.79. The van der Waals surface area contributed by atoms with Crippen molar-refractivity contribution >= 4 is 22.8 Å². The molecule has 1 saturated heterocycles. The number of piperidine rings is 1. The van der Waals surface area contributed by atoms with Crippen LogP contribution in [0.25, 0.3) is 22.3 Å². The van der Waals surface area contributed by atoms with Crippen LogP contribution in [0.3, 0.4) is 0 Å². The Bertz CT molecular complexity index is 1460. The Kier molecular flexibility index (Phi) is 8.37. The molecule has 0 unspecified atom stereocenters. The smallest absolute Gasteiger partial charge is 0.229 e. The summed E-state index contributed by atoms with van der Waals surface area (Å²) in [4.78, 5) is 19.8. The number of hydrogen-bond acceptors (Lipinski definition) is 7. The average molecular weight is 550 g/mol. The minimum Gasteiger partial charge on any atom is -0.396 e. The molecule has 0 aliphatic carbocycles. The zero-order chi connectivity index (χ0) is 28.4. The Morgan fingerprint density at radius 1 is 1.02 bits per heavy atom. The van der Waals surface area contributed by atoms with Crippen molar-refractivity contribution in [3.63, 3.8) is 0 Å². The number of anilines is 2. The molecule has 1 aliphatic rings. The van der Waals surface area contributed by atoms with Gasteiger partial charge in [-0.3, -0.25) is 0 Å². The lowest BCUT2D eigenvalue weighted by Gasteiger charge is -2.35. The number of benzene rings is 1. The first kappa shape index (κ1) is 28.0. The number of halogens is 2. The van der Waals surface area contributed by atoms with Gasteiger partial charge in [0, 0.05) is 31.0 Å². The third-order valence-corrected chi connectivity index (χ3v) is 7.98. The van der Waals surface area contributed by atoms with Gasteiger partial charge in [-0.15, -0.1) is 0 Å². The van der Waals surface area contributed by atoms with Crippen LogP contribution in [-0.2, 0) is 0 Å². The molecule has 0 radical (unpaired) electrons. The monoisotopic (exact) mass is 549 g/mol. The van der Waals surface area contributed by atoms with Gasteiger partial charge in [0.2, 0.25) is 5.95 Å². The van der Waals surface area contributed by atoms with Gasteiger partial charge in [-0.2, -0.15) is 0 Å². The van der Waals surface area contributed by atoms with Gasteiger partial charge in [0.1, 0.15) is 22.9 Å². The molecule has 0 spiro atoms. The maximum atomic E-state index is 15.0. The summed E-state index contributed by atoms with van der Waals surface area (Å²) in [5.41, 5.74) is 2.34. The lowest BCUT2D eigenvalue weighted by Crippen LogP contribution is -2.36. The fourth-order valence-corrected chi connectivity index (χ4v) is 5.79. The Morgan fingerprint density at radius 3 is 2.48 bits per heavy atom. The number of nitrogens with zero attached hydrogens (tertiary/aromatic N) is 6. The van der Waals surface area contributed by atoms with Crippen LogP contribution in [-0.4, -0.2) is 60.8 Å². The van der Waals surface area contributed by atoms with Crippen LogP contribution in [0, 0.1) is 24.5 Å². The maximum Gasteiger partial charge on any atom is 0.229 e. The Morgan fingerprint density at radius 2 is 1.80 bits per heavy atom. The normalized spacial score (nSPS) is 15.7. The molecular weight excluding hydrogens is 512 g/mol. The van der Waals surface area contributed by atoms with Crippen LogP contribution in [0.1, 0.15) is 63.4 Å². The van der Waals surface area contributed by atoms with E-state index in [4.69, 9.17) is 5.11 Å². The van der Waals surface area contributed by atoms with E-state index in [1.165, 1.54) is 11.6 Å². The van der Waals surface area contributed by atoms with E-state index in [0.29, 0.717) is 34.6 Å². The third-order valence-electron chi connectivity index (χ3n) is 7.98. The molecule has 40 heavy (non-hydrogen) atoms. The van der Waals surface area contributed by atoms with E-state index < -0.39 is 11.6 Å². The number of aryl methyl sites for hydroxylation is 1. The minimum absolute atomic E-state index is 0.00281. The molecule has 5 rings (SSSR count). The van der Waals surface area contributed by atoms with Gasteiger partial charge in [0.25, 0.3) is 0 Å². The van der Waals surface area contributed by atoms with Crippen molar-refractivity contribution in [2.75, 3.05) is 31.6 Å². The summed E-state index contributed by atoms with van der Waals surface area (Å²) in [6.45, 7) is 11.4. The highest BCUT2D eigenvalue weighted by Gasteiger charge is 2.25. The molecule has 0 saturated carbocycles. The molecule has 3 aromatic heterocycles. The topological polar surface area (TPSA) is 92.0 Å². The molecule has 8 nitrogen and oxygen atoms in total. The van der Waals surface area contributed by atoms with Gasteiger partial charge >= 0.3 is 0 Å². The van der Waals surface area contributed by atoms with Crippen molar-refractivity contribution in [3.8, 4) is 11.3 Å². The number of nitrogens with one attached hydrogen (secondary N) is 1. The highest BCUT2D eigenvalue weighted by Crippen LogP contribution is 2.33. The predicted molar refractivity (Wildman–Crippen MR) is 153 cm³/mol. The SMILES string of the molecule is Cc1nc2c(F)cc(-c3nc(Nc4ccc([C@H](C)C5CCN(CCCO)CC5)cn4)ncc3F)cc2n1C(C)C. The molecule has 0 amide bonds. The van der Waals surface area contributed by atoms with E-state index in [1.54, 1.807) is 6.07 Å². The molecule has 212 valence electrons. The summed E-state index contributed by atoms with van der Waals surface area (Å²) in [6, 6.07) is 6.99. The lowest BCUT2D eigenvalue weighted by molar-refractivity contribution is 0.157. The second-order valence-electron chi connectivity index (χ2n) is 11.0. The molecule has 1 atom stereocenters. The molecule has 4 aromatic rings. The van der Waals surface area contributed by atoms with Crippen LogP contribution in [0.15, 0.2) is 36.7 Å². The van der Waals surface area contributed by atoms with Gasteiger partial charge in [-0.05, 0) is 88.7 Å². The van der Waals surface area contributed by atoms with Crippen molar-refractivity contribution in [1.82, 2.24) is 29.4 Å². The molecule has 1 aromatic carbocycles. The van der Waals surface area contributed by atoms with E-state index in [-0.39, 0.29) is 29.8 Å². The number of pyridine rings is 1. The quantitative estimate of drug-likeness (QED) is 0.265. The minimum atomic E-state index is -0.642. The Labute approximate surface area is 233 Å². The summed E-state index contributed by atoms with van der Waals surface area (Å²) in [7, 11) is 0. The van der Waals surface area contributed by atoms with Crippen molar-refractivity contribution in [1.29, 1.82) is 0 Å². The number of hydrogen-bond donors (Lipinski definition) is 2. The zero-order valence-electron chi connectivity index (χ0n) is 23.5. The van der Waals surface area contributed by atoms with Crippen LogP contribution in [0.4, 0.5) is 20.5 Å². The Balaban J connectivity index is 1.31. The number of aromatic nitrogens is 5. The van der Waals surface area contributed by atoms with Crippen LogP contribution in [0.5, 0.6) is 0 Å². The van der Waals surface area contributed by atoms with Gasteiger partial charge in [-0.1, -0.05) is 13.0 Å². The summed E-state index contributed by atoms with van der Waals surface area (Å²) < 4.78 is 31.8. The molecule has 1 fully saturated rings. The molecular formula is C30H37F2N7O. The number of likely N-dealkylation sites (tertiary alicyclic amines) is 1. The number of aliphatic hydroxyl groups is 1. The van der Waals surface area contributed by atoms with Crippen LogP contribution >= 0.6 is 0 Å². The zero-order valence-corrected chi connectivity index (χ0v) is 23.5. The Hall–Kier alpha value is -3.50. The highest BCUT2D eigenvalue weighted by molar-refractivity contribution is 5.83. The summed E-state index contributed by atoms with van der Waals surface area (Å²) in [5.74, 6) is 1.21. The van der Waals surface area contributed by atoms with Gasteiger partial charge in [0.05, 0.1) is 11.7 Å². The second kappa shape index (κ2) is 11.9. The van der Waals surface area contributed by atoms with Gasteiger partial charge in [-0.25, -0.2) is 28.7 Å². The van der Waals surface area contributed by atoms with E-state index >= 15 is 0 Å². The van der Waals surface area contributed by atoms with Crippen molar-refractivity contribution < 1.29 is 13.9 Å². The van der Waals surface area contributed by atoms with E-state index in [9.17, 15) is 8.78 Å². The van der Waals surface area contributed by atoms with Crippen molar-refractivity contribution in [2.24, 2.45) is 5.92 Å². The molecule has 0 bridgehead atoms. The molecule has 1 aliphatic heterocycles. The number of imidazole rings is 1. The van der Waals surface area contributed by atoms with E-state index in [2.05, 4.69) is 43.1 Å². The van der Waals surface area contributed by atoms with Crippen molar-refractivity contribution in [3.05, 3.63) is 59.7 Å². The number of rotatable bonds is 9. The van der Waals surface area contributed by atoms with Gasteiger partial charge < -0.3 is 19.9 Å². The standard InChI is InChI=1S/C30H37F2N7O/c1-18(2)39-20(4)35-29-24(31)14-23(15-26(29)39)28-25(32)17-34-30(37-28)36-27-7-6-22(16-33-27)19(3)21-8-11-38(12-9-21)10-5-13-40/h6-7,14-19,21,40H,5,8-13H2,1-4H3,(H,33,34,36,37)/t19-/m1/s1. The second-order valence-corrected chi connectivity index (χ2v) is 11.0. The summed E-state index contributed by atoms with van der Waals surface area (Å²) in [6.07, 6.45) is 6.04. The first-order chi connectivity index (χ1) is 19.2. The first-order valence-electron chi connectivity index (χ1n) is 14.0. The predicted octanol–water partition coefficient (Wildman–Crippen LogP) is 6.00. The first-order valence-corrected chi connectivity index (χ1v) is 14.0. The van der Waals surface area contributed by atoms with Gasteiger partial charge in [0.15, 0.2) is 11.6 Å². The van der Waals surface area contributed by atoms with Crippen LogP contribution < -0.4 is 5.32 Å².